The first-order chi connectivity index (χ1) is 12.5. The molecule has 5 heteroatoms. The first-order valence-electron chi connectivity index (χ1n) is 8.59. The topological polar surface area (TPSA) is 60.3 Å². The summed E-state index contributed by atoms with van der Waals surface area (Å²) in [5.41, 5.74) is 2.95. The van der Waals surface area contributed by atoms with Crippen molar-refractivity contribution in [1.82, 2.24) is 9.88 Å². The molecule has 1 N–H and O–H groups in total. The van der Waals surface area contributed by atoms with Crippen molar-refractivity contribution in [2.24, 2.45) is 0 Å². The Morgan fingerprint density at radius 2 is 1.77 bits per heavy atom. The van der Waals surface area contributed by atoms with Gasteiger partial charge in [0.15, 0.2) is 6.61 Å². The van der Waals surface area contributed by atoms with Crippen LogP contribution < -0.4 is 5.32 Å². The molecule has 1 heterocycles. The zero-order valence-electron chi connectivity index (χ0n) is 14.9. The number of esters is 1. The van der Waals surface area contributed by atoms with Crippen molar-refractivity contribution in [2.75, 3.05) is 6.61 Å². The lowest BCUT2D eigenvalue weighted by molar-refractivity contribution is -0.149. The molecule has 3 aromatic rings. The molecule has 0 aliphatic carbocycles. The number of benzene rings is 2. The van der Waals surface area contributed by atoms with Crippen molar-refractivity contribution < 1.29 is 14.3 Å². The Morgan fingerprint density at radius 1 is 1.08 bits per heavy atom. The van der Waals surface area contributed by atoms with E-state index in [-0.39, 0.29) is 25.1 Å². The number of carbonyl (C=O) groups excluding carboxylic acids is 2. The second-order valence-electron chi connectivity index (χ2n) is 6.29. The maximum Gasteiger partial charge on any atom is 0.326 e. The average molecular weight is 350 g/mol. The molecule has 1 amide bonds. The third kappa shape index (κ3) is 4.11. The van der Waals surface area contributed by atoms with Crippen molar-refractivity contribution in [2.45, 2.75) is 26.4 Å². The first-order valence-corrected chi connectivity index (χ1v) is 8.59. The molecule has 2 aromatic carbocycles. The molecule has 0 fully saturated rings. The fraction of sp³-hybridized carbons (Fsp3) is 0.238. The Bertz CT molecular complexity index is 915. The Hall–Kier alpha value is -3.08. The number of fused-ring (bicyclic) bond motifs is 1. The molecule has 0 radical (unpaired) electrons. The number of aryl methyl sites for hydroxylation is 1. The van der Waals surface area contributed by atoms with Gasteiger partial charge in [-0.2, -0.15) is 0 Å². The summed E-state index contributed by atoms with van der Waals surface area (Å²) in [5, 5.41) is 3.90. The number of rotatable bonds is 6. The summed E-state index contributed by atoms with van der Waals surface area (Å²) in [5.74, 6) is -0.749. The van der Waals surface area contributed by atoms with Gasteiger partial charge in [-0.3, -0.25) is 9.59 Å². The number of amides is 1. The van der Waals surface area contributed by atoms with Crippen molar-refractivity contribution in [1.29, 1.82) is 0 Å². The van der Waals surface area contributed by atoms with Crippen LogP contribution in [0.2, 0.25) is 0 Å². The van der Waals surface area contributed by atoms with Crippen LogP contribution in [-0.4, -0.2) is 23.1 Å². The number of aromatic nitrogens is 1. The molecule has 1 atom stereocenters. The third-order valence-corrected chi connectivity index (χ3v) is 4.35. The summed E-state index contributed by atoms with van der Waals surface area (Å²) < 4.78 is 7.04. The van der Waals surface area contributed by atoms with E-state index < -0.39 is 5.97 Å². The van der Waals surface area contributed by atoms with E-state index in [9.17, 15) is 9.59 Å². The monoisotopic (exact) mass is 350 g/mol. The van der Waals surface area contributed by atoms with Crippen molar-refractivity contribution in [3.8, 4) is 0 Å². The van der Waals surface area contributed by atoms with E-state index >= 15 is 0 Å². The Kier molecular flexibility index (Phi) is 5.37. The van der Waals surface area contributed by atoms with Crippen molar-refractivity contribution in [3.05, 3.63) is 71.9 Å². The molecule has 0 bridgehead atoms. The molecule has 0 aliphatic heterocycles. The maximum atomic E-state index is 12.1. The SMILES string of the molecule is Cc1cc2ccccc2n1CC(=O)OCC(=O)NC(C)c1ccccc1. The molecule has 0 saturated carbocycles. The van der Waals surface area contributed by atoms with E-state index in [1.165, 1.54) is 0 Å². The van der Waals surface area contributed by atoms with Crippen molar-refractivity contribution >= 4 is 22.8 Å². The molecule has 1 unspecified atom stereocenters. The number of ether oxygens (including phenoxy) is 1. The van der Waals surface area contributed by atoms with E-state index in [2.05, 4.69) is 5.32 Å². The minimum absolute atomic E-state index is 0.0842. The van der Waals surface area contributed by atoms with Crippen LogP contribution in [0.15, 0.2) is 60.7 Å². The summed E-state index contributed by atoms with van der Waals surface area (Å²) in [6, 6.07) is 19.4. The predicted octanol–water partition coefficient (Wildman–Crippen LogP) is 3.37. The zero-order chi connectivity index (χ0) is 18.5. The molecule has 134 valence electrons. The highest BCUT2D eigenvalue weighted by molar-refractivity contribution is 5.84. The van der Waals surface area contributed by atoms with Crippen LogP contribution in [0.25, 0.3) is 10.9 Å². The lowest BCUT2D eigenvalue weighted by atomic mass is 10.1. The second kappa shape index (κ2) is 7.87. The molecule has 1 aromatic heterocycles. The van der Waals surface area contributed by atoms with E-state index in [0.717, 1.165) is 22.2 Å². The quantitative estimate of drug-likeness (QED) is 0.694. The van der Waals surface area contributed by atoms with E-state index in [1.807, 2.05) is 79.1 Å². The summed E-state index contributed by atoms with van der Waals surface area (Å²) in [7, 11) is 0. The maximum absolute atomic E-state index is 12.1. The number of nitrogens with one attached hydrogen (secondary N) is 1. The minimum atomic E-state index is -0.433. The molecule has 5 nitrogen and oxygen atoms in total. The van der Waals surface area contributed by atoms with Gasteiger partial charge in [-0.1, -0.05) is 48.5 Å². The minimum Gasteiger partial charge on any atom is -0.454 e. The van der Waals surface area contributed by atoms with Gasteiger partial charge in [-0.15, -0.1) is 0 Å². The Labute approximate surface area is 152 Å². The van der Waals surface area contributed by atoms with Crippen LogP contribution in [0.3, 0.4) is 0 Å². The highest BCUT2D eigenvalue weighted by atomic mass is 16.5. The smallest absolute Gasteiger partial charge is 0.326 e. The molecule has 26 heavy (non-hydrogen) atoms. The van der Waals surface area contributed by atoms with Gasteiger partial charge in [0.2, 0.25) is 0 Å². The van der Waals surface area contributed by atoms with Gasteiger partial charge in [0.25, 0.3) is 5.91 Å². The average Bonchev–Trinajstić information content (AvgIpc) is 2.96. The largest absolute Gasteiger partial charge is 0.454 e. The van der Waals surface area contributed by atoms with Crippen LogP contribution in [0.1, 0.15) is 24.2 Å². The fourth-order valence-corrected chi connectivity index (χ4v) is 2.99. The van der Waals surface area contributed by atoms with Gasteiger partial charge >= 0.3 is 5.97 Å². The van der Waals surface area contributed by atoms with Gasteiger partial charge in [-0.05, 0) is 36.9 Å². The Balaban J connectivity index is 1.54. The Morgan fingerprint density at radius 3 is 2.54 bits per heavy atom. The number of hydrogen-bond acceptors (Lipinski definition) is 3. The molecule has 0 saturated heterocycles. The van der Waals surface area contributed by atoms with Crippen LogP contribution in [0.4, 0.5) is 0 Å². The van der Waals surface area contributed by atoms with Gasteiger partial charge in [0.1, 0.15) is 6.54 Å². The molecule has 3 rings (SSSR count). The van der Waals surface area contributed by atoms with Crippen LogP contribution in [0, 0.1) is 6.92 Å². The lowest BCUT2D eigenvalue weighted by Gasteiger charge is -2.14. The molecule has 0 spiro atoms. The van der Waals surface area contributed by atoms with Crippen LogP contribution in [0.5, 0.6) is 0 Å². The van der Waals surface area contributed by atoms with Crippen molar-refractivity contribution in [3.63, 3.8) is 0 Å². The number of hydrogen-bond donors (Lipinski definition) is 1. The fourth-order valence-electron chi connectivity index (χ4n) is 2.99. The summed E-state index contributed by atoms with van der Waals surface area (Å²) in [6.07, 6.45) is 0. The van der Waals surface area contributed by atoms with E-state index in [0.29, 0.717) is 0 Å². The zero-order valence-corrected chi connectivity index (χ0v) is 14.9. The summed E-state index contributed by atoms with van der Waals surface area (Å²) in [4.78, 5) is 24.2. The first kappa shape index (κ1) is 17.7. The van der Waals surface area contributed by atoms with Gasteiger partial charge in [-0.25, -0.2) is 0 Å². The van der Waals surface area contributed by atoms with Crippen LogP contribution >= 0.6 is 0 Å². The summed E-state index contributed by atoms with van der Waals surface area (Å²) in [6.45, 7) is 3.64. The molecular weight excluding hydrogens is 328 g/mol. The van der Waals surface area contributed by atoms with Crippen LogP contribution in [-0.2, 0) is 20.9 Å². The predicted molar refractivity (Wildman–Crippen MR) is 101 cm³/mol. The van der Waals surface area contributed by atoms with E-state index in [4.69, 9.17) is 4.74 Å². The van der Waals surface area contributed by atoms with E-state index in [1.54, 1.807) is 0 Å². The number of nitrogens with zero attached hydrogens (tertiary/aromatic N) is 1. The third-order valence-electron chi connectivity index (χ3n) is 4.35. The lowest BCUT2D eigenvalue weighted by Crippen LogP contribution is -2.31. The standard InChI is InChI=1S/C21H22N2O3/c1-15-12-18-10-6-7-11-19(18)23(15)13-21(25)26-14-20(24)22-16(2)17-8-4-3-5-9-17/h3-12,16H,13-14H2,1-2H3,(H,22,24). The molecular formula is C21H22N2O3. The van der Waals surface area contributed by atoms with Gasteiger partial charge in [0.05, 0.1) is 6.04 Å². The highest BCUT2D eigenvalue weighted by Gasteiger charge is 2.14. The normalized spacial score (nSPS) is 11.9. The summed E-state index contributed by atoms with van der Waals surface area (Å²) >= 11 is 0. The second-order valence-corrected chi connectivity index (χ2v) is 6.29. The molecule has 0 aliphatic rings. The van der Waals surface area contributed by atoms with Gasteiger partial charge in [0, 0.05) is 11.2 Å². The number of para-hydroxylation sites is 1. The highest BCUT2D eigenvalue weighted by Crippen LogP contribution is 2.19. The van der Waals surface area contributed by atoms with Gasteiger partial charge < -0.3 is 14.6 Å². The number of carbonyl (C=O) groups is 2.